The fraction of sp³-hybridized carbons (Fsp3) is 0. The zero-order valence-corrected chi connectivity index (χ0v) is 14.4. The molecule has 0 fully saturated rings. The standard InChI is InChI=1S/C20H16O4Si/c21-19(22)17-12-11-16(13-18(17)20(23)24)25(14-7-3-1-4-8-14)15-9-5-2-6-10-15/h1-13,25H,(H,21,22)(H,23,24). The molecule has 5 heteroatoms. The van der Waals surface area contributed by atoms with Gasteiger partial charge in [0.25, 0.3) is 0 Å². The Bertz CT molecular complexity index is 868. The lowest BCUT2D eigenvalue weighted by molar-refractivity contribution is 0.0651. The molecule has 0 saturated heterocycles. The van der Waals surface area contributed by atoms with E-state index in [0.29, 0.717) is 0 Å². The fourth-order valence-corrected chi connectivity index (χ4v) is 5.96. The summed E-state index contributed by atoms with van der Waals surface area (Å²) in [6.07, 6.45) is 0. The van der Waals surface area contributed by atoms with Crippen molar-refractivity contribution in [1.82, 2.24) is 0 Å². The topological polar surface area (TPSA) is 74.6 Å². The summed E-state index contributed by atoms with van der Waals surface area (Å²) < 4.78 is 0. The first-order chi connectivity index (χ1) is 12.1. The second-order valence-corrected chi connectivity index (χ2v) is 8.54. The lowest BCUT2D eigenvalue weighted by atomic mass is 10.1. The first-order valence-corrected chi connectivity index (χ1v) is 9.51. The number of aromatic carboxylic acids is 2. The highest BCUT2D eigenvalue weighted by molar-refractivity contribution is 6.95. The number of hydrogen-bond donors (Lipinski definition) is 2. The fourth-order valence-electron chi connectivity index (χ4n) is 2.97. The van der Waals surface area contributed by atoms with Gasteiger partial charge in [0.2, 0.25) is 0 Å². The van der Waals surface area contributed by atoms with Gasteiger partial charge in [-0.3, -0.25) is 0 Å². The minimum absolute atomic E-state index is 0.172. The van der Waals surface area contributed by atoms with Gasteiger partial charge < -0.3 is 10.2 Å². The number of carbonyl (C=O) groups is 2. The zero-order valence-electron chi connectivity index (χ0n) is 13.3. The van der Waals surface area contributed by atoms with Crippen molar-refractivity contribution in [1.29, 1.82) is 0 Å². The van der Waals surface area contributed by atoms with E-state index in [-0.39, 0.29) is 11.1 Å². The molecular weight excluding hydrogens is 332 g/mol. The minimum atomic E-state index is -1.89. The van der Waals surface area contributed by atoms with Gasteiger partial charge in [0, 0.05) is 0 Å². The molecule has 0 aliphatic carbocycles. The van der Waals surface area contributed by atoms with Gasteiger partial charge in [0.1, 0.15) is 8.80 Å². The molecule has 0 aromatic heterocycles. The van der Waals surface area contributed by atoms with Gasteiger partial charge in [-0.2, -0.15) is 0 Å². The Balaban J connectivity index is 2.19. The molecule has 124 valence electrons. The van der Waals surface area contributed by atoms with Crippen molar-refractivity contribution in [3.05, 3.63) is 90.0 Å². The Labute approximate surface area is 146 Å². The van der Waals surface area contributed by atoms with E-state index in [1.165, 1.54) is 12.1 Å². The minimum Gasteiger partial charge on any atom is -0.478 e. The number of carboxylic acids is 2. The molecule has 0 heterocycles. The maximum absolute atomic E-state index is 11.5. The second kappa shape index (κ2) is 7.15. The van der Waals surface area contributed by atoms with E-state index in [2.05, 4.69) is 0 Å². The van der Waals surface area contributed by atoms with E-state index in [0.717, 1.165) is 15.6 Å². The molecular formula is C20H16O4Si. The van der Waals surface area contributed by atoms with Crippen LogP contribution in [0.5, 0.6) is 0 Å². The molecule has 4 nitrogen and oxygen atoms in total. The van der Waals surface area contributed by atoms with E-state index in [1.807, 2.05) is 60.7 Å². The van der Waals surface area contributed by atoms with Gasteiger partial charge in [0.05, 0.1) is 11.1 Å². The molecule has 25 heavy (non-hydrogen) atoms. The van der Waals surface area contributed by atoms with Gasteiger partial charge in [-0.05, 0) is 12.1 Å². The molecule has 0 saturated carbocycles. The number of carboxylic acid groups (broad SMARTS) is 2. The summed E-state index contributed by atoms with van der Waals surface area (Å²) in [5.74, 6) is -2.46. The predicted octanol–water partition coefficient (Wildman–Crippen LogP) is 1.33. The van der Waals surface area contributed by atoms with Crippen LogP contribution in [-0.2, 0) is 0 Å². The molecule has 0 atom stereocenters. The molecule has 0 bridgehead atoms. The highest BCUT2D eigenvalue weighted by Crippen LogP contribution is 2.09. The van der Waals surface area contributed by atoms with Crippen molar-refractivity contribution in [3.63, 3.8) is 0 Å². The highest BCUT2D eigenvalue weighted by atomic mass is 28.3. The van der Waals surface area contributed by atoms with Crippen molar-refractivity contribution in [2.45, 2.75) is 0 Å². The highest BCUT2D eigenvalue weighted by Gasteiger charge is 2.23. The van der Waals surface area contributed by atoms with Gasteiger partial charge in [0.15, 0.2) is 0 Å². The normalized spacial score (nSPS) is 10.6. The SMILES string of the molecule is O=C(O)c1ccc([SiH](c2ccccc2)c2ccccc2)cc1C(=O)O. The molecule has 0 aliphatic rings. The van der Waals surface area contributed by atoms with Crippen LogP contribution in [0.15, 0.2) is 78.9 Å². The van der Waals surface area contributed by atoms with Crippen LogP contribution in [0, 0.1) is 0 Å². The first kappa shape index (κ1) is 16.7. The molecule has 0 spiro atoms. The quantitative estimate of drug-likeness (QED) is 0.539. The van der Waals surface area contributed by atoms with Crippen LogP contribution < -0.4 is 15.6 Å². The van der Waals surface area contributed by atoms with Crippen molar-refractivity contribution in [2.75, 3.05) is 0 Å². The Morgan fingerprint density at radius 3 is 1.52 bits per heavy atom. The van der Waals surface area contributed by atoms with E-state index >= 15 is 0 Å². The number of benzene rings is 3. The van der Waals surface area contributed by atoms with Crippen molar-refractivity contribution in [3.8, 4) is 0 Å². The summed E-state index contributed by atoms with van der Waals surface area (Å²) >= 11 is 0. The first-order valence-electron chi connectivity index (χ1n) is 7.78. The maximum atomic E-state index is 11.5. The Kier molecular flexibility index (Phi) is 4.77. The summed E-state index contributed by atoms with van der Waals surface area (Å²) in [6.45, 7) is 0. The largest absolute Gasteiger partial charge is 0.478 e. The number of hydrogen-bond acceptors (Lipinski definition) is 2. The summed E-state index contributed by atoms with van der Waals surface area (Å²) in [5.41, 5.74) is -0.362. The molecule has 0 unspecified atom stereocenters. The predicted molar refractivity (Wildman–Crippen MR) is 99.3 cm³/mol. The van der Waals surface area contributed by atoms with Crippen molar-refractivity contribution in [2.24, 2.45) is 0 Å². The molecule has 3 aromatic rings. The summed E-state index contributed by atoms with van der Waals surface area (Å²) in [5, 5.41) is 21.8. The van der Waals surface area contributed by atoms with Crippen LogP contribution in [0.1, 0.15) is 20.7 Å². The zero-order chi connectivity index (χ0) is 17.8. The smallest absolute Gasteiger partial charge is 0.336 e. The van der Waals surface area contributed by atoms with E-state index in [4.69, 9.17) is 0 Å². The molecule has 0 aliphatic heterocycles. The Morgan fingerprint density at radius 1 is 0.600 bits per heavy atom. The van der Waals surface area contributed by atoms with E-state index in [9.17, 15) is 19.8 Å². The Morgan fingerprint density at radius 2 is 1.08 bits per heavy atom. The van der Waals surface area contributed by atoms with Crippen LogP contribution in [0.3, 0.4) is 0 Å². The summed E-state index contributed by atoms with van der Waals surface area (Å²) in [6, 6.07) is 24.5. The van der Waals surface area contributed by atoms with Crippen molar-refractivity contribution < 1.29 is 19.8 Å². The molecule has 0 amide bonds. The van der Waals surface area contributed by atoms with E-state index in [1.54, 1.807) is 6.07 Å². The third-order valence-electron chi connectivity index (χ3n) is 4.10. The summed E-state index contributed by atoms with van der Waals surface area (Å²) in [4.78, 5) is 22.8. The summed E-state index contributed by atoms with van der Waals surface area (Å²) in [7, 11) is -1.89. The van der Waals surface area contributed by atoms with Crippen LogP contribution in [0.4, 0.5) is 0 Å². The van der Waals surface area contributed by atoms with E-state index < -0.39 is 20.7 Å². The Hall–Kier alpha value is -3.18. The average Bonchev–Trinajstić information content (AvgIpc) is 2.63. The van der Waals surface area contributed by atoms with Gasteiger partial charge >= 0.3 is 11.9 Å². The van der Waals surface area contributed by atoms with Crippen molar-refractivity contribution >= 4 is 36.3 Å². The maximum Gasteiger partial charge on any atom is 0.336 e. The van der Waals surface area contributed by atoms with Gasteiger partial charge in [-0.25, -0.2) is 9.59 Å². The molecule has 0 radical (unpaired) electrons. The second-order valence-electron chi connectivity index (χ2n) is 5.67. The van der Waals surface area contributed by atoms with Gasteiger partial charge in [-0.1, -0.05) is 82.3 Å². The third kappa shape index (κ3) is 3.51. The van der Waals surface area contributed by atoms with Crippen LogP contribution >= 0.6 is 0 Å². The molecule has 3 rings (SSSR count). The van der Waals surface area contributed by atoms with Crippen LogP contribution in [-0.4, -0.2) is 30.9 Å². The lowest BCUT2D eigenvalue weighted by Gasteiger charge is -2.18. The third-order valence-corrected chi connectivity index (χ3v) is 7.23. The monoisotopic (exact) mass is 348 g/mol. The lowest BCUT2D eigenvalue weighted by Crippen LogP contribution is -2.52. The molecule has 3 aromatic carbocycles. The average molecular weight is 348 g/mol. The number of rotatable bonds is 5. The van der Waals surface area contributed by atoms with Crippen LogP contribution in [0.2, 0.25) is 0 Å². The van der Waals surface area contributed by atoms with Crippen LogP contribution in [0.25, 0.3) is 0 Å². The van der Waals surface area contributed by atoms with Gasteiger partial charge in [-0.15, -0.1) is 0 Å². The molecule has 2 N–H and O–H groups in total.